The van der Waals surface area contributed by atoms with Gasteiger partial charge >= 0.3 is 0 Å². The summed E-state index contributed by atoms with van der Waals surface area (Å²) in [4.78, 5) is 23.2. The SMILES string of the molecule is CC.CO/C(C)=C/C=C\C=C\C=N\Nc1ncc(-c2ccnc(C(=O)N3CCOCC3)c2)cc1C. The van der Waals surface area contributed by atoms with Gasteiger partial charge in [0.2, 0.25) is 0 Å². The number of methoxy groups -OCH3 is 1. The van der Waals surface area contributed by atoms with E-state index >= 15 is 0 Å². The molecule has 2 aromatic rings. The van der Waals surface area contributed by atoms with E-state index in [-0.39, 0.29) is 5.91 Å². The molecular formula is C27H35N5O3. The molecule has 1 N–H and O–H groups in total. The number of hydrogen-bond acceptors (Lipinski definition) is 7. The first-order valence-electron chi connectivity index (χ1n) is 11.7. The number of nitrogens with zero attached hydrogens (tertiary/aromatic N) is 4. The second-order valence-corrected chi connectivity index (χ2v) is 7.37. The first-order valence-corrected chi connectivity index (χ1v) is 11.7. The first-order chi connectivity index (χ1) is 17.1. The van der Waals surface area contributed by atoms with Gasteiger partial charge < -0.3 is 14.4 Å². The lowest BCUT2D eigenvalue weighted by Crippen LogP contribution is -2.41. The number of allylic oxidation sites excluding steroid dienone is 6. The Morgan fingerprint density at radius 2 is 1.86 bits per heavy atom. The lowest BCUT2D eigenvalue weighted by Gasteiger charge is -2.26. The number of hydrogen-bond donors (Lipinski definition) is 1. The van der Waals surface area contributed by atoms with Crippen LogP contribution in [0, 0.1) is 6.92 Å². The highest BCUT2D eigenvalue weighted by Crippen LogP contribution is 2.23. The van der Waals surface area contributed by atoms with Crippen molar-refractivity contribution >= 4 is 17.9 Å². The minimum absolute atomic E-state index is 0.0785. The Bertz CT molecular complexity index is 1070. The van der Waals surface area contributed by atoms with Crippen LogP contribution in [0.1, 0.15) is 36.8 Å². The number of nitrogens with one attached hydrogen (secondary N) is 1. The van der Waals surface area contributed by atoms with E-state index < -0.39 is 0 Å². The lowest BCUT2D eigenvalue weighted by molar-refractivity contribution is 0.0299. The number of carbonyl (C=O) groups is 1. The van der Waals surface area contributed by atoms with E-state index in [0.717, 1.165) is 22.4 Å². The average molecular weight is 478 g/mol. The van der Waals surface area contributed by atoms with Gasteiger partial charge in [0.1, 0.15) is 11.5 Å². The molecule has 0 spiro atoms. The Kier molecular flexibility index (Phi) is 11.9. The van der Waals surface area contributed by atoms with Gasteiger partial charge in [-0.2, -0.15) is 5.10 Å². The fourth-order valence-corrected chi connectivity index (χ4v) is 3.08. The molecule has 1 saturated heterocycles. The maximum absolute atomic E-state index is 12.7. The number of anilines is 1. The molecule has 1 aliphatic rings. The molecule has 1 aliphatic heterocycles. The zero-order chi connectivity index (χ0) is 25.5. The molecule has 0 bridgehead atoms. The molecule has 8 heteroatoms. The van der Waals surface area contributed by atoms with Crippen molar-refractivity contribution in [1.29, 1.82) is 0 Å². The molecule has 1 amide bonds. The highest BCUT2D eigenvalue weighted by atomic mass is 16.5. The average Bonchev–Trinajstić information content (AvgIpc) is 2.92. The van der Waals surface area contributed by atoms with Crippen molar-refractivity contribution in [3.05, 3.63) is 78.0 Å². The standard InChI is InChI=1S/C25H29N5O3.C2H6/c1-19-16-22(18-27-24(19)29-28-10-7-5-4-6-8-20(2)32-3)21-9-11-26-23(17-21)25(31)30-12-14-33-15-13-30;1-2/h4-11,16-18H,12-15H2,1-3H3,(H,27,29);1-2H3/b6-4-,7-5+,20-8+,28-10+;. The van der Waals surface area contributed by atoms with Crippen LogP contribution >= 0.6 is 0 Å². The number of morpholine rings is 1. The van der Waals surface area contributed by atoms with Crippen molar-refractivity contribution in [2.45, 2.75) is 27.7 Å². The van der Waals surface area contributed by atoms with E-state index in [1.165, 1.54) is 0 Å². The molecule has 35 heavy (non-hydrogen) atoms. The normalized spacial score (nSPS) is 14.3. The molecule has 8 nitrogen and oxygen atoms in total. The predicted molar refractivity (Wildman–Crippen MR) is 141 cm³/mol. The highest BCUT2D eigenvalue weighted by Gasteiger charge is 2.20. The molecule has 186 valence electrons. The molecule has 3 rings (SSSR count). The third kappa shape index (κ3) is 8.83. The quantitative estimate of drug-likeness (QED) is 0.249. The van der Waals surface area contributed by atoms with E-state index in [9.17, 15) is 4.79 Å². The fraction of sp³-hybridized carbons (Fsp3) is 0.333. The number of aromatic nitrogens is 2. The highest BCUT2D eigenvalue weighted by molar-refractivity contribution is 5.93. The first kappa shape index (κ1) is 27.5. The van der Waals surface area contributed by atoms with Crippen LogP contribution in [0.4, 0.5) is 5.82 Å². The second-order valence-electron chi connectivity index (χ2n) is 7.37. The number of pyridine rings is 2. The lowest BCUT2D eigenvalue weighted by atomic mass is 10.1. The van der Waals surface area contributed by atoms with Crippen LogP contribution in [0.3, 0.4) is 0 Å². The maximum atomic E-state index is 12.7. The van der Waals surface area contributed by atoms with Crippen LogP contribution in [-0.2, 0) is 9.47 Å². The molecule has 0 aliphatic carbocycles. The second kappa shape index (κ2) is 15.2. The van der Waals surface area contributed by atoms with Crippen molar-refractivity contribution in [1.82, 2.24) is 14.9 Å². The third-order valence-corrected chi connectivity index (χ3v) is 5.01. The molecule has 0 aromatic carbocycles. The summed E-state index contributed by atoms with van der Waals surface area (Å²) in [6.45, 7) is 10.1. The predicted octanol–water partition coefficient (Wildman–Crippen LogP) is 5.01. The molecule has 1 fully saturated rings. The summed E-state index contributed by atoms with van der Waals surface area (Å²) in [6.07, 6.45) is 14.4. The molecule has 0 radical (unpaired) electrons. The summed E-state index contributed by atoms with van der Waals surface area (Å²) in [5.74, 6) is 1.42. The van der Waals surface area contributed by atoms with E-state index in [2.05, 4.69) is 20.5 Å². The Labute approximate surface area is 208 Å². The van der Waals surface area contributed by atoms with E-state index in [1.807, 2.05) is 70.2 Å². The number of ether oxygens (including phenoxy) is 2. The molecular weight excluding hydrogens is 442 g/mol. The number of carbonyl (C=O) groups excluding carboxylic acids is 1. The Morgan fingerprint density at radius 3 is 2.57 bits per heavy atom. The largest absolute Gasteiger partial charge is 0.501 e. The molecule has 0 unspecified atom stereocenters. The number of amides is 1. The zero-order valence-corrected chi connectivity index (χ0v) is 21.2. The smallest absolute Gasteiger partial charge is 0.272 e. The van der Waals surface area contributed by atoms with Crippen LogP contribution in [0.15, 0.2) is 71.8 Å². The van der Waals surface area contributed by atoms with Gasteiger partial charge in [-0.15, -0.1) is 0 Å². The van der Waals surface area contributed by atoms with E-state index in [0.29, 0.717) is 37.8 Å². The van der Waals surface area contributed by atoms with Crippen molar-refractivity contribution in [3.8, 4) is 11.1 Å². The molecule has 3 heterocycles. The number of hydrazone groups is 1. The molecule has 2 aromatic heterocycles. The number of rotatable bonds is 8. The summed E-state index contributed by atoms with van der Waals surface area (Å²) in [5, 5.41) is 4.17. The van der Waals surface area contributed by atoms with Gasteiger partial charge in [-0.3, -0.25) is 15.2 Å². The topological polar surface area (TPSA) is 88.9 Å². The summed E-state index contributed by atoms with van der Waals surface area (Å²) < 4.78 is 10.4. The van der Waals surface area contributed by atoms with Crippen molar-refractivity contribution < 1.29 is 14.3 Å². The molecule has 0 atom stereocenters. The third-order valence-electron chi connectivity index (χ3n) is 5.01. The zero-order valence-electron chi connectivity index (χ0n) is 21.2. The minimum Gasteiger partial charge on any atom is -0.501 e. The van der Waals surface area contributed by atoms with Crippen molar-refractivity contribution in [2.75, 3.05) is 38.8 Å². The van der Waals surface area contributed by atoms with Crippen LogP contribution < -0.4 is 5.43 Å². The summed E-state index contributed by atoms with van der Waals surface area (Å²) in [7, 11) is 1.64. The number of aryl methyl sites for hydroxylation is 1. The van der Waals surface area contributed by atoms with Gasteiger partial charge in [0.15, 0.2) is 0 Å². The fourth-order valence-electron chi connectivity index (χ4n) is 3.08. The monoisotopic (exact) mass is 477 g/mol. The van der Waals surface area contributed by atoms with Crippen LogP contribution in [-0.4, -0.2) is 60.4 Å². The van der Waals surface area contributed by atoms with Crippen molar-refractivity contribution in [3.63, 3.8) is 0 Å². The van der Waals surface area contributed by atoms with Crippen LogP contribution in [0.25, 0.3) is 11.1 Å². The Morgan fingerprint density at radius 1 is 1.11 bits per heavy atom. The Balaban J connectivity index is 0.00000210. The van der Waals surface area contributed by atoms with Gasteiger partial charge in [0.25, 0.3) is 5.91 Å². The van der Waals surface area contributed by atoms with Gasteiger partial charge in [-0.1, -0.05) is 32.1 Å². The van der Waals surface area contributed by atoms with E-state index in [4.69, 9.17) is 9.47 Å². The Hall–Kier alpha value is -3.78. The summed E-state index contributed by atoms with van der Waals surface area (Å²) in [6, 6.07) is 5.69. The van der Waals surface area contributed by atoms with Gasteiger partial charge in [-0.25, -0.2) is 4.98 Å². The minimum atomic E-state index is -0.0785. The maximum Gasteiger partial charge on any atom is 0.272 e. The summed E-state index contributed by atoms with van der Waals surface area (Å²) in [5.41, 5.74) is 6.10. The summed E-state index contributed by atoms with van der Waals surface area (Å²) >= 11 is 0. The van der Waals surface area contributed by atoms with Gasteiger partial charge in [0.05, 0.1) is 26.1 Å². The van der Waals surface area contributed by atoms with Gasteiger partial charge in [-0.05, 0) is 55.3 Å². The van der Waals surface area contributed by atoms with Crippen LogP contribution in [0.2, 0.25) is 0 Å². The molecule has 0 saturated carbocycles. The van der Waals surface area contributed by atoms with E-state index in [1.54, 1.807) is 36.7 Å². The van der Waals surface area contributed by atoms with Gasteiger partial charge in [0, 0.05) is 37.3 Å². The van der Waals surface area contributed by atoms with Crippen molar-refractivity contribution in [2.24, 2.45) is 5.10 Å². The van der Waals surface area contributed by atoms with Crippen LogP contribution in [0.5, 0.6) is 0 Å².